The molecular weight excluding hydrogens is 370 g/mol. The largest absolute Gasteiger partial charge is 0.490 e. The molecular formula is C24H33ClNO2+. The molecule has 0 bridgehead atoms. The molecule has 1 aliphatic rings. The molecule has 0 spiro atoms. The number of hydrogen-bond acceptors (Lipinski definition) is 2. The lowest BCUT2D eigenvalue weighted by Gasteiger charge is -2.19. The number of rotatable bonds is 8. The summed E-state index contributed by atoms with van der Waals surface area (Å²) in [5.74, 6) is 1.59. The lowest BCUT2D eigenvalue weighted by molar-refractivity contribution is -0.706. The van der Waals surface area contributed by atoms with Gasteiger partial charge < -0.3 is 14.8 Å². The molecule has 0 aromatic heterocycles. The van der Waals surface area contributed by atoms with Crippen LogP contribution in [0.1, 0.15) is 63.0 Å². The van der Waals surface area contributed by atoms with Gasteiger partial charge in [0.15, 0.2) is 11.5 Å². The number of hydrogen-bond donors (Lipinski definition) is 1. The zero-order valence-electron chi connectivity index (χ0n) is 17.0. The zero-order valence-corrected chi connectivity index (χ0v) is 17.7. The Morgan fingerprint density at radius 1 is 0.929 bits per heavy atom. The first-order chi connectivity index (χ1) is 13.8. The van der Waals surface area contributed by atoms with Crippen LogP contribution in [0.2, 0.25) is 5.02 Å². The van der Waals surface area contributed by atoms with E-state index in [-0.39, 0.29) is 0 Å². The van der Waals surface area contributed by atoms with Crippen LogP contribution < -0.4 is 14.8 Å². The van der Waals surface area contributed by atoms with Gasteiger partial charge in [0.1, 0.15) is 13.2 Å². The Hall–Kier alpha value is -1.71. The summed E-state index contributed by atoms with van der Waals surface area (Å²) in [6, 6.07) is 14.9. The molecule has 0 amide bonds. The molecule has 0 heterocycles. The Kier molecular flexibility index (Phi) is 8.50. The van der Waals surface area contributed by atoms with Crippen LogP contribution in [-0.4, -0.2) is 12.6 Å². The molecule has 2 N–H and O–H groups in total. The Morgan fingerprint density at radius 2 is 1.68 bits per heavy atom. The van der Waals surface area contributed by atoms with Gasteiger partial charge in [0.2, 0.25) is 0 Å². The van der Waals surface area contributed by atoms with Crippen molar-refractivity contribution in [2.24, 2.45) is 0 Å². The molecule has 0 unspecified atom stereocenters. The van der Waals surface area contributed by atoms with Crippen LogP contribution in [0.5, 0.6) is 11.5 Å². The first kappa shape index (κ1) is 21.0. The first-order valence-electron chi connectivity index (χ1n) is 10.7. The second kappa shape index (κ2) is 11.3. The minimum atomic E-state index is 0.438. The monoisotopic (exact) mass is 402 g/mol. The third-order valence-corrected chi connectivity index (χ3v) is 5.85. The van der Waals surface area contributed by atoms with Crippen LogP contribution in [0, 0.1) is 0 Å². The molecule has 3 rings (SSSR count). The van der Waals surface area contributed by atoms with Gasteiger partial charge in [-0.1, -0.05) is 49.1 Å². The maximum atomic E-state index is 6.24. The highest BCUT2D eigenvalue weighted by molar-refractivity contribution is 6.31. The van der Waals surface area contributed by atoms with E-state index in [4.69, 9.17) is 21.1 Å². The van der Waals surface area contributed by atoms with E-state index in [0.29, 0.717) is 13.2 Å². The highest BCUT2D eigenvalue weighted by Gasteiger charge is 2.15. The summed E-state index contributed by atoms with van der Waals surface area (Å²) in [7, 11) is 0. The van der Waals surface area contributed by atoms with Gasteiger partial charge in [0.05, 0.1) is 12.6 Å². The summed E-state index contributed by atoms with van der Waals surface area (Å²) in [4.78, 5) is 0. The van der Waals surface area contributed by atoms with Gasteiger partial charge in [-0.3, -0.25) is 0 Å². The highest BCUT2D eigenvalue weighted by Crippen LogP contribution is 2.30. The van der Waals surface area contributed by atoms with Crippen molar-refractivity contribution in [1.82, 2.24) is 0 Å². The van der Waals surface area contributed by atoms with Gasteiger partial charge in [-0.15, -0.1) is 0 Å². The van der Waals surface area contributed by atoms with Crippen molar-refractivity contribution < 1.29 is 14.8 Å². The predicted molar refractivity (Wildman–Crippen MR) is 115 cm³/mol. The lowest BCUT2D eigenvalue weighted by Crippen LogP contribution is -2.88. The maximum Gasteiger partial charge on any atom is 0.161 e. The normalized spacial score (nSPS) is 15.6. The van der Waals surface area contributed by atoms with E-state index in [2.05, 4.69) is 17.4 Å². The summed E-state index contributed by atoms with van der Waals surface area (Å²) in [6.07, 6.45) is 9.65. The number of ether oxygens (including phenoxy) is 2. The Labute approximate surface area is 174 Å². The van der Waals surface area contributed by atoms with Crippen molar-refractivity contribution in [2.75, 3.05) is 6.61 Å². The van der Waals surface area contributed by atoms with E-state index in [1.165, 1.54) is 50.5 Å². The van der Waals surface area contributed by atoms with Crippen LogP contribution in [-0.2, 0) is 13.2 Å². The van der Waals surface area contributed by atoms with Crippen molar-refractivity contribution in [2.45, 2.75) is 71.1 Å². The molecule has 1 fully saturated rings. The minimum absolute atomic E-state index is 0.438. The van der Waals surface area contributed by atoms with E-state index in [1.807, 2.05) is 37.3 Å². The van der Waals surface area contributed by atoms with Gasteiger partial charge >= 0.3 is 0 Å². The van der Waals surface area contributed by atoms with Crippen LogP contribution >= 0.6 is 11.6 Å². The van der Waals surface area contributed by atoms with Crippen molar-refractivity contribution >= 4 is 11.6 Å². The molecule has 0 atom stereocenters. The molecule has 1 saturated carbocycles. The van der Waals surface area contributed by atoms with E-state index in [9.17, 15) is 0 Å². The summed E-state index contributed by atoms with van der Waals surface area (Å²) in [6.45, 7) is 4.06. The van der Waals surface area contributed by atoms with E-state index in [1.54, 1.807) is 0 Å². The highest BCUT2D eigenvalue weighted by atomic mass is 35.5. The standard InChI is InChI=1S/C24H32ClNO2/c1-2-27-24-16-19(17-26-21-11-6-4-3-5-7-12-21)14-15-23(24)28-18-20-10-8-9-13-22(20)25/h8-10,13-16,21,26H,2-7,11-12,17-18H2,1H3/p+1. The van der Waals surface area contributed by atoms with Crippen molar-refractivity contribution in [3.8, 4) is 11.5 Å². The van der Waals surface area contributed by atoms with Gasteiger partial charge in [0.25, 0.3) is 0 Å². The fourth-order valence-electron chi connectivity index (χ4n) is 3.86. The second-order valence-electron chi connectivity index (χ2n) is 7.64. The Morgan fingerprint density at radius 3 is 2.43 bits per heavy atom. The third kappa shape index (κ3) is 6.42. The fraction of sp³-hybridized carbons (Fsp3) is 0.500. The van der Waals surface area contributed by atoms with E-state index >= 15 is 0 Å². The molecule has 3 nitrogen and oxygen atoms in total. The predicted octanol–water partition coefficient (Wildman–Crippen LogP) is 5.49. The molecule has 0 aliphatic heterocycles. The summed E-state index contributed by atoms with van der Waals surface area (Å²) < 4.78 is 11.9. The van der Waals surface area contributed by atoms with Crippen LogP contribution in [0.25, 0.3) is 0 Å². The van der Waals surface area contributed by atoms with E-state index in [0.717, 1.165) is 34.7 Å². The molecule has 0 saturated heterocycles. The van der Waals surface area contributed by atoms with Crippen molar-refractivity contribution in [3.05, 3.63) is 58.6 Å². The fourth-order valence-corrected chi connectivity index (χ4v) is 4.05. The first-order valence-corrected chi connectivity index (χ1v) is 11.1. The van der Waals surface area contributed by atoms with Crippen molar-refractivity contribution in [3.63, 3.8) is 0 Å². The minimum Gasteiger partial charge on any atom is -0.490 e. The quantitative estimate of drug-likeness (QED) is 0.633. The van der Waals surface area contributed by atoms with Gasteiger partial charge in [0, 0.05) is 16.1 Å². The summed E-state index contributed by atoms with van der Waals surface area (Å²) in [5.41, 5.74) is 2.27. The molecule has 0 radical (unpaired) electrons. The zero-order chi connectivity index (χ0) is 19.6. The summed E-state index contributed by atoms with van der Waals surface area (Å²) in [5, 5.41) is 3.24. The molecule has 2 aromatic carbocycles. The average Bonchev–Trinajstić information content (AvgIpc) is 2.68. The Balaban J connectivity index is 1.60. The van der Waals surface area contributed by atoms with Gasteiger partial charge in [-0.05, 0) is 56.9 Å². The SMILES string of the molecule is CCOc1cc(C[NH2+]C2CCCCCCC2)ccc1OCc1ccccc1Cl. The smallest absolute Gasteiger partial charge is 0.161 e. The van der Waals surface area contributed by atoms with Crippen LogP contribution in [0.3, 0.4) is 0 Å². The van der Waals surface area contributed by atoms with Crippen LogP contribution in [0.15, 0.2) is 42.5 Å². The van der Waals surface area contributed by atoms with E-state index < -0.39 is 0 Å². The molecule has 2 aromatic rings. The number of nitrogens with two attached hydrogens (primary N) is 1. The molecule has 1 aliphatic carbocycles. The lowest BCUT2D eigenvalue weighted by atomic mass is 9.96. The molecule has 152 valence electrons. The van der Waals surface area contributed by atoms with Gasteiger partial charge in [-0.2, -0.15) is 0 Å². The maximum absolute atomic E-state index is 6.24. The van der Waals surface area contributed by atoms with Crippen molar-refractivity contribution in [1.29, 1.82) is 0 Å². The third-order valence-electron chi connectivity index (χ3n) is 5.49. The average molecular weight is 403 g/mol. The molecule has 4 heteroatoms. The topological polar surface area (TPSA) is 35.1 Å². The van der Waals surface area contributed by atoms with Crippen LogP contribution in [0.4, 0.5) is 0 Å². The Bertz CT molecular complexity index is 726. The number of quaternary nitrogens is 1. The molecule has 28 heavy (non-hydrogen) atoms. The van der Waals surface area contributed by atoms with Gasteiger partial charge in [-0.25, -0.2) is 0 Å². The number of benzene rings is 2. The number of halogens is 1. The second-order valence-corrected chi connectivity index (χ2v) is 8.05. The summed E-state index contributed by atoms with van der Waals surface area (Å²) >= 11 is 6.24.